The van der Waals surface area contributed by atoms with E-state index in [0.717, 1.165) is 6.42 Å². The van der Waals surface area contributed by atoms with Gasteiger partial charge in [0, 0.05) is 18.7 Å². The Morgan fingerprint density at radius 1 is 1.07 bits per heavy atom. The Morgan fingerprint density at radius 3 is 2.36 bits per heavy atom. The maximum atomic E-state index is 12.9. The maximum absolute atomic E-state index is 12.9. The van der Waals surface area contributed by atoms with Crippen molar-refractivity contribution in [3.8, 4) is 11.5 Å². The van der Waals surface area contributed by atoms with Gasteiger partial charge in [0.25, 0.3) is 5.91 Å². The van der Waals surface area contributed by atoms with Crippen LogP contribution in [0.2, 0.25) is 0 Å². The highest BCUT2D eigenvalue weighted by Gasteiger charge is 2.20. The molecule has 0 aromatic heterocycles. The van der Waals surface area contributed by atoms with E-state index >= 15 is 0 Å². The van der Waals surface area contributed by atoms with E-state index in [1.54, 1.807) is 30.1 Å². The van der Waals surface area contributed by atoms with Gasteiger partial charge in [-0.25, -0.2) is 4.79 Å². The normalized spacial score (nSPS) is 11.6. The molecule has 0 spiro atoms. The zero-order chi connectivity index (χ0) is 20.7. The van der Waals surface area contributed by atoms with Crippen molar-refractivity contribution in [3.05, 3.63) is 59.2 Å². The summed E-state index contributed by atoms with van der Waals surface area (Å²) in [5.74, 6) is -0.553. The average molecular weight is 385 g/mol. The summed E-state index contributed by atoms with van der Waals surface area (Å²) in [6.07, 6.45) is 0.751. The van der Waals surface area contributed by atoms with Crippen LogP contribution in [-0.4, -0.2) is 48.2 Å². The first-order chi connectivity index (χ1) is 13.3. The van der Waals surface area contributed by atoms with Crippen LogP contribution in [0.5, 0.6) is 11.5 Å². The number of rotatable bonds is 9. The first-order valence-corrected chi connectivity index (χ1v) is 9.26. The van der Waals surface area contributed by atoms with E-state index in [-0.39, 0.29) is 11.9 Å². The Labute approximate surface area is 165 Å². The molecule has 1 unspecified atom stereocenters. The molecule has 0 fully saturated rings. The summed E-state index contributed by atoms with van der Waals surface area (Å²) < 4.78 is 10.8. The van der Waals surface area contributed by atoms with Crippen molar-refractivity contribution in [2.24, 2.45) is 0 Å². The molecule has 1 amide bonds. The van der Waals surface area contributed by atoms with Crippen molar-refractivity contribution in [3.63, 3.8) is 0 Å². The number of likely N-dealkylation sites (N-methyl/N-ethyl adjacent to an activating group) is 1. The predicted molar refractivity (Wildman–Crippen MR) is 107 cm³/mol. The molecule has 0 aliphatic rings. The first kappa shape index (κ1) is 21.3. The van der Waals surface area contributed by atoms with Crippen LogP contribution in [0.1, 0.15) is 35.3 Å². The fourth-order valence-corrected chi connectivity index (χ4v) is 2.77. The highest BCUT2D eigenvalue weighted by Crippen LogP contribution is 2.29. The smallest absolute Gasteiger partial charge is 0.341 e. The van der Waals surface area contributed by atoms with E-state index in [1.165, 1.54) is 11.1 Å². The Balaban J connectivity index is 2.13. The van der Waals surface area contributed by atoms with Gasteiger partial charge in [-0.3, -0.25) is 4.79 Å². The van der Waals surface area contributed by atoms with Gasteiger partial charge >= 0.3 is 5.97 Å². The van der Waals surface area contributed by atoms with Crippen LogP contribution in [0.3, 0.4) is 0 Å². The third-order valence-electron chi connectivity index (χ3n) is 4.47. The van der Waals surface area contributed by atoms with Crippen LogP contribution >= 0.6 is 0 Å². The number of carbonyl (C=O) groups is 2. The van der Waals surface area contributed by atoms with E-state index in [4.69, 9.17) is 14.6 Å². The van der Waals surface area contributed by atoms with Gasteiger partial charge in [-0.15, -0.1) is 0 Å². The highest BCUT2D eigenvalue weighted by atomic mass is 16.5. The quantitative estimate of drug-likeness (QED) is 0.714. The van der Waals surface area contributed by atoms with Crippen LogP contribution in [0.4, 0.5) is 0 Å². The molecule has 0 heterocycles. The molecular weight excluding hydrogens is 358 g/mol. The van der Waals surface area contributed by atoms with Gasteiger partial charge in [0.1, 0.15) is 0 Å². The minimum atomic E-state index is -1.08. The largest absolute Gasteiger partial charge is 0.490 e. The SMILES string of the molecule is CCOc1cc(C(=O)N(C)C(C)Cc2ccc(C)cc2)ccc1OCC(=O)O. The van der Waals surface area contributed by atoms with E-state index in [2.05, 4.69) is 24.3 Å². The molecule has 0 radical (unpaired) electrons. The fourth-order valence-electron chi connectivity index (χ4n) is 2.77. The minimum absolute atomic E-state index is 0.00804. The van der Waals surface area contributed by atoms with Crippen molar-refractivity contribution < 1.29 is 24.2 Å². The van der Waals surface area contributed by atoms with Crippen LogP contribution in [0, 0.1) is 6.92 Å². The van der Waals surface area contributed by atoms with Gasteiger partial charge < -0.3 is 19.5 Å². The second kappa shape index (κ2) is 9.78. The van der Waals surface area contributed by atoms with Crippen molar-refractivity contribution in [1.82, 2.24) is 4.90 Å². The maximum Gasteiger partial charge on any atom is 0.341 e. The first-order valence-electron chi connectivity index (χ1n) is 9.26. The summed E-state index contributed by atoms with van der Waals surface area (Å²) in [4.78, 5) is 25.3. The van der Waals surface area contributed by atoms with E-state index < -0.39 is 12.6 Å². The molecule has 0 saturated heterocycles. The number of aliphatic carboxylic acids is 1. The van der Waals surface area contributed by atoms with Gasteiger partial charge in [0.05, 0.1) is 6.61 Å². The van der Waals surface area contributed by atoms with Gasteiger partial charge in [0.15, 0.2) is 18.1 Å². The number of hydrogen-bond donors (Lipinski definition) is 1. The molecule has 6 heteroatoms. The summed E-state index contributed by atoms with van der Waals surface area (Å²) in [5.41, 5.74) is 2.84. The average Bonchev–Trinajstić information content (AvgIpc) is 2.67. The summed E-state index contributed by atoms with van der Waals surface area (Å²) in [6, 6.07) is 13.1. The number of carboxylic acids is 1. The Morgan fingerprint density at radius 2 is 1.75 bits per heavy atom. The number of nitrogens with zero attached hydrogens (tertiary/aromatic N) is 1. The Hall–Kier alpha value is -3.02. The molecule has 28 heavy (non-hydrogen) atoms. The lowest BCUT2D eigenvalue weighted by molar-refractivity contribution is -0.139. The highest BCUT2D eigenvalue weighted by molar-refractivity contribution is 5.95. The molecule has 2 aromatic carbocycles. The molecule has 6 nitrogen and oxygen atoms in total. The number of hydrogen-bond acceptors (Lipinski definition) is 4. The number of ether oxygens (including phenoxy) is 2. The summed E-state index contributed by atoms with van der Waals surface area (Å²) in [5, 5.41) is 8.78. The molecule has 0 aliphatic heterocycles. The lowest BCUT2D eigenvalue weighted by Gasteiger charge is -2.25. The van der Waals surface area contributed by atoms with Crippen LogP contribution in [-0.2, 0) is 11.2 Å². The van der Waals surface area contributed by atoms with Crippen LogP contribution in [0.15, 0.2) is 42.5 Å². The van der Waals surface area contributed by atoms with E-state index in [1.807, 2.05) is 20.8 Å². The summed E-state index contributed by atoms with van der Waals surface area (Å²) in [7, 11) is 1.77. The Kier molecular flexibility index (Phi) is 7.44. The molecule has 0 saturated carbocycles. The number of benzene rings is 2. The minimum Gasteiger partial charge on any atom is -0.490 e. The van der Waals surface area contributed by atoms with Gasteiger partial charge in [-0.1, -0.05) is 29.8 Å². The molecule has 0 aliphatic carbocycles. The van der Waals surface area contributed by atoms with Crippen LogP contribution < -0.4 is 9.47 Å². The van der Waals surface area contributed by atoms with Crippen LogP contribution in [0.25, 0.3) is 0 Å². The van der Waals surface area contributed by atoms with E-state index in [9.17, 15) is 9.59 Å². The lowest BCUT2D eigenvalue weighted by atomic mass is 10.0. The van der Waals surface area contributed by atoms with Gasteiger partial charge in [-0.05, 0) is 51.0 Å². The number of carbonyl (C=O) groups excluding carboxylic acids is 1. The molecule has 1 N–H and O–H groups in total. The van der Waals surface area contributed by atoms with Crippen molar-refractivity contribution in [1.29, 1.82) is 0 Å². The lowest BCUT2D eigenvalue weighted by Crippen LogP contribution is -2.36. The molecule has 150 valence electrons. The third kappa shape index (κ3) is 5.74. The molecule has 2 aromatic rings. The monoisotopic (exact) mass is 385 g/mol. The fraction of sp³-hybridized carbons (Fsp3) is 0.364. The third-order valence-corrected chi connectivity index (χ3v) is 4.47. The standard InChI is InChI=1S/C22H27NO5/c1-5-27-20-13-18(10-11-19(20)28-14-21(24)25)22(26)23(4)16(3)12-17-8-6-15(2)7-9-17/h6-11,13,16H,5,12,14H2,1-4H3,(H,24,25). The summed E-state index contributed by atoms with van der Waals surface area (Å²) >= 11 is 0. The van der Waals surface area contributed by atoms with Crippen molar-refractivity contribution in [2.75, 3.05) is 20.3 Å². The van der Waals surface area contributed by atoms with Gasteiger partial charge in [-0.2, -0.15) is 0 Å². The molecule has 1 atom stereocenters. The summed E-state index contributed by atoms with van der Waals surface area (Å²) in [6.45, 7) is 5.76. The molecule has 2 rings (SSSR count). The Bertz CT molecular complexity index is 816. The second-order valence-electron chi connectivity index (χ2n) is 6.73. The topological polar surface area (TPSA) is 76.1 Å². The van der Waals surface area contributed by atoms with E-state index in [0.29, 0.717) is 23.7 Å². The molecule has 0 bridgehead atoms. The number of carboxylic acid groups (broad SMARTS) is 1. The zero-order valence-electron chi connectivity index (χ0n) is 16.8. The predicted octanol–water partition coefficient (Wildman–Crippen LogP) is 3.56. The van der Waals surface area contributed by atoms with Crippen molar-refractivity contribution in [2.45, 2.75) is 33.2 Å². The van der Waals surface area contributed by atoms with Gasteiger partial charge in [0.2, 0.25) is 0 Å². The van der Waals surface area contributed by atoms with Crippen molar-refractivity contribution >= 4 is 11.9 Å². The molecular formula is C22H27NO5. The second-order valence-corrected chi connectivity index (χ2v) is 6.73. The number of amides is 1. The zero-order valence-corrected chi connectivity index (χ0v) is 16.8. The number of aryl methyl sites for hydroxylation is 1.